The van der Waals surface area contributed by atoms with Crippen molar-refractivity contribution in [2.45, 2.75) is 51.6 Å². The van der Waals surface area contributed by atoms with E-state index in [0.717, 1.165) is 5.56 Å². The quantitative estimate of drug-likeness (QED) is 0.676. The van der Waals surface area contributed by atoms with E-state index in [0.29, 0.717) is 17.9 Å². The predicted octanol–water partition coefficient (Wildman–Crippen LogP) is 3.91. The van der Waals surface area contributed by atoms with Crippen molar-refractivity contribution >= 4 is 8.32 Å². The molecule has 1 aromatic rings. The summed E-state index contributed by atoms with van der Waals surface area (Å²) in [6.45, 7) is 13.3. The van der Waals surface area contributed by atoms with Crippen LogP contribution < -0.4 is 4.74 Å². The maximum Gasteiger partial charge on any atom is 0.217 e. The number of epoxide rings is 1. The molecule has 1 atom stereocenters. The van der Waals surface area contributed by atoms with Crippen LogP contribution in [0.2, 0.25) is 18.1 Å². The lowest BCUT2D eigenvalue weighted by Crippen LogP contribution is -2.44. The summed E-state index contributed by atoms with van der Waals surface area (Å²) in [7, 11) is -0.427. The van der Waals surface area contributed by atoms with E-state index in [1.54, 1.807) is 13.2 Å². The summed E-state index contributed by atoms with van der Waals surface area (Å²) < 4.78 is 17.5. The first-order valence-electron chi connectivity index (χ1n) is 7.25. The largest absolute Gasteiger partial charge is 0.507 e. The number of benzene rings is 1. The Morgan fingerprint density at radius 1 is 1.29 bits per heavy atom. The second kappa shape index (κ2) is 5.00. The van der Waals surface area contributed by atoms with Gasteiger partial charge in [-0.25, -0.2) is 0 Å². The Labute approximate surface area is 128 Å². The van der Waals surface area contributed by atoms with Crippen molar-refractivity contribution in [3.05, 3.63) is 23.3 Å². The van der Waals surface area contributed by atoms with Crippen LogP contribution in [0.25, 0.3) is 0 Å². The Morgan fingerprint density at radius 2 is 1.86 bits per heavy atom. The van der Waals surface area contributed by atoms with Crippen molar-refractivity contribution in [3.63, 3.8) is 0 Å². The first-order chi connectivity index (χ1) is 9.52. The van der Waals surface area contributed by atoms with E-state index in [1.165, 1.54) is 0 Å². The van der Waals surface area contributed by atoms with Crippen LogP contribution >= 0.6 is 0 Å². The number of aryl methyl sites for hydroxylation is 1. The zero-order valence-electron chi connectivity index (χ0n) is 14.0. The Kier molecular flexibility index (Phi) is 3.89. The number of methoxy groups -OCH3 is 1. The Morgan fingerprint density at radius 3 is 2.29 bits per heavy atom. The summed E-state index contributed by atoms with van der Waals surface area (Å²) in [5.41, 5.74) is 1.55. The molecule has 0 bridgehead atoms. The van der Waals surface area contributed by atoms with Gasteiger partial charge in [0.25, 0.3) is 0 Å². The van der Waals surface area contributed by atoms with Crippen molar-refractivity contribution < 1.29 is 19.0 Å². The number of rotatable bonds is 4. The summed E-state index contributed by atoms with van der Waals surface area (Å²) in [4.78, 5) is 0. The molecule has 118 valence electrons. The molecule has 1 N–H and O–H groups in total. The highest BCUT2D eigenvalue weighted by Gasteiger charge is 2.57. The molecule has 5 heteroatoms. The number of hydrogen-bond donors (Lipinski definition) is 1. The maximum absolute atomic E-state index is 10.4. The van der Waals surface area contributed by atoms with Gasteiger partial charge in [-0.05, 0) is 42.8 Å². The summed E-state index contributed by atoms with van der Waals surface area (Å²) in [6, 6.07) is 3.61. The van der Waals surface area contributed by atoms with E-state index in [2.05, 4.69) is 33.9 Å². The molecule has 1 aliphatic rings. The van der Waals surface area contributed by atoms with Crippen LogP contribution in [-0.2, 0) is 14.9 Å². The summed E-state index contributed by atoms with van der Waals surface area (Å²) in [5, 5.41) is 10.4. The fraction of sp³-hybridized carbons (Fsp3) is 0.625. The highest BCUT2D eigenvalue weighted by Crippen LogP contribution is 2.53. The molecule has 1 fully saturated rings. The lowest BCUT2D eigenvalue weighted by molar-refractivity contribution is 0.0407. The Bertz CT molecular complexity index is 542. The van der Waals surface area contributed by atoms with Gasteiger partial charge in [-0.2, -0.15) is 0 Å². The van der Waals surface area contributed by atoms with Crippen molar-refractivity contribution in [2.75, 3.05) is 13.7 Å². The average Bonchev–Trinajstić information content (AvgIpc) is 3.05. The SMILES string of the molecule is COc1cc(C)cc(O)c1C1(O[Si](C)(C)C(C)(C)C)CO1. The molecular formula is C16H26O4Si. The molecule has 4 nitrogen and oxygen atoms in total. The molecule has 1 aromatic carbocycles. The third kappa shape index (κ3) is 2.95. The molecule has 1 heterocycles. The van der Waals surface area contributed by atoms with E-state index in [1.807, 2.05) is 13.0 Å². The van der Waals surface area contributed by atoms with E-state index in [4.69, 9.17) is 13.9 Å². The van der Waals surface area contributed by atoms with Gasteiger partial charge in [0.2, 0.25) is 5.79 Å². The summed E-state index contributed by atoms with van der Waals surface area (Å²) in [5.74, 6) is -0.0710. The molecule has 0 spiro atoms. The molecule has 0 amide bonds. The highest BCUT2D eigenvalue weighted by atomic mass is 28.4. The van der Waals surface area contributed by atoms with Crippen LogP contribution in [0.5, 0.6) is 11.5 Å². The minimum Gasteiger partial charge on any atom is -0.507 e. The Balaban J connectivity index is 2.43. The van der Waals surface area contributed by atoms with Crippen molar-refractivity contribution in [2.24, 2.45) is 0 Å². The fourth-order valence-electron chi connectivity index (χ4n) is 2.16. The standard InChI is InChI=1S/C16H26O4Si/c1-11-8-12(17)14(13(9-11)18-5)16(10-19-16)20-21(6,7)15(2,3)4/h8-9,17H,10H2,1-7H3. The van der Waals surface area contributed by atoms with Gasteiger partial charge in [0, 0.05) is 0 Å². The molecule has 0 radical (unpaired) electrons. The third-order valence-electron chi connectivity index (χ3n) is 4.46. The van der Waals surface area contributed by atoms with Crippen molar-refractivity contribution in [1.82, 2.24) is 0 Å². The van der Waals surface area contributed by atoms with Gasteiger partial charge in [-0.15, -0.1) is 0 Å². The summed E-state index contributed by atoms with van der Waals surface area (Å²) in [6.07, 6.45) is 0. The van der Waals surface area contributed by atoms with Gasteiger partial charge < -0.3 is 19.0 Å². The number of phenolic OH excluding ortho intramolecular Hbond substituents is 1. The summed E-state index contributed by atoms with van der Waals surface area (Å²) >= 11 is 0. The maximum atomic E-state index is 10.4. The van der Waals surface area contributed by atoms with Gasteiger partial charge in [0.15, 0.2) is 8.32 Å². The smallest absolute Gasteiger partial charge is 0.217 e. The van der Waals surface area contributed by atoms with E-state index in [-0.39, 0.29) is 10.8 Å². The number of ether oxygens (including phenoxy) is 2. The van der Waals surface area contributed by atoms with Crippen LogP contribution in [0, 0.1) is 6.92 Å². The first kappa shape index (κ1) is 16.3. The molecule has 0 saturated carbocycles. The predicted molar refractivity (Wildman–Crippen MR) is 85.3 cm³/mol. The zero-order valence-corrected chi connectivity index (χ0v) is 15.0. The van der Waals surface area contributed by atoms with Crippen LogP contribution in [0.3, 0.4) is 0 Å². The van der Waals surface area contributed by atoms with Gasteiger partial charge in [-0.1, -0.05) is 20.8 Å². The highest BCUT2D eigenvalue weighted by molar-refractivity contribution is 6.74. The van der Waals surface area contributed by atoms with E-state index < -0.39 is 14.1 Å². The molecule has 0 aromatic heterocycles. The second-order valence-corrected chi connectivity index (χ2v) is 12.0. The van der Waals surface area contributed by atoms with Crippen LogP contribution in [0.15, 0.2) is 12.1 Å². The minimum absolute atomic E-state index is 0.0689. The first-order valence-corrected chi connectivity index (χ1v) is 10.2. The van der Waals surface area contributed by atoms with Crippen molar-refractivity contribution in [1.29, 1.82) is 0 Å². The van der Waals surface area contributed by atoms with Crippen LogP contribution in [-0.4, -0.2) is 27.1 Å². The van der Waals surface area contributed by atoms with Crippen LogP contribution in [0.4, 0.5) is 0 Å². The van der Waals surface area contributed by atoms with Gasteiger partial charge >= 0.3 is 0 Å². The lowest BCUT2D eigenvalue weighted by atomic mass is 10.0. The minimum atomic E-state index is -2.02. The molecule has 1 aliphatic heterocycles. The average molecular weight is 310 g/mol. The lowest BCUT2D eigenvalue weighted by Gasteiger charge is -2.38. The molecule has 2 rings (SSSR count). The van der Waals surface area contributed by atoms with Gasteiger partial charge in [0.1, 0.15) is 18.1 Å². The monoisotopic (exact) mass is 310 g/mol. The number of aromatic hydroxyl groups is 1. The van der Waals surface area contributed by atoms with E-state index in [9.17, 15) is 5.11 Å². The Hall–Kier alpha value is -1.04. The van der Waals surface area contributed by atoms with Gasteiger partial charge in [0.05, 0.1) is 12.7 Å². The van der Waals surface area contributed by atoms with Crippen molar-refractivity contribution in [3.8, 4) is 11.5 Å². The number of phenols is 1. The van der Waals surface area contributed by atoms with E-state index >= 15 is 0 Å². The number of hydrogen-bond acceptors (Lipinski definition) is 4. The van der Waals surface area contributed by atoms with Gasteiger partial charge in [-0.3, -0.25) is 0 Å². The molecule has 0 aliphatic carbocycles. The second-order valence-electron chi connectivity index (χ2n) is 7.27. The fourth-order valence-corrected chi connectivity index (χ4v) is 3.51. The van der Waals surface area contributed by atoms with Crippen LogP contribution in [0.1, 0.15) is 31.9 Å². The third-order valence-corrected chi connectivity index (χ3v) is 8.91. The molecule has 1 saturated heterocycles. The molecule has 1 unspecified atom stereocenters. The normalized spacial score (nSPS) is 22.2. The molecule has 21 heavy (non-hydrogen) atoms. The topological polar surface area (TPSA) is 51.2 Å². The molecular weight excluding hydrogens is 284 g/mol. The zero-order chi connectivity index (χ0) is 16.1.